The molecule has 0 unspecified atom stereocenters. The van der Waals surface area contributed by atoms with Gasteiger partial charge in [0.1, 0.15) is 0 Å². The number of aryl methyl sites for hydroxylation is 1. The molecule has 0 amide bonds. The van der Waals surface area contributed by atoms with Crippen molar-refractivity contribution in [2.75, 3.05) is 0 Å². The molecule has 1 aromatic carbocycles. The SMILES string of the molecule is Cc1ccnc(Oc2ccc(CN)cc2F)n1. The van der Waals surface area contributed by atoms with E-state index in [2.05, 4.69) is 9.97 Å². The fourth-order valence-corrected chi connectivity index (χ4v) is 1.33. The zero-order valence-corrected chi connectivity index (χ0v) is 9.35. The number of ether oxygens (including phenoxy) is 1. The second kappa shape index (κ2) is 4.88. The summed E-state index contributed by atoms with van der Waals surface area (Å²) >= 11 is 0. The predicted octanol–water partition coefficient (Wildman–Crippen LogP) is 2.18. The third-order valence-corrected chi connectivity index (χ3v) is 2.21. The lowest BCUT2D eigenvalue weighted by Crippen LogP contribution is -1.99. The second-order valence-corrected chi connectivity index (χ2v) is 3.55. The van der Waals surface area contributed by atoms with Crippen LogP contribution in [-0.2, 0) is 6.54 Å². The van der Waals surface area contributed by atoms with Crippen molar-refractivity contribution in [3.05, 3.63) is 47.5 Å². The molecule has 0 saturated carbocycles. The van der Waals surface area contributed by atoms with Crippen molar-refractivity contribution in [2.24, 2.45) is 5.73 Å². The highest BCUT2D eigenvalue weighted by molar-refractivity contribution is 5.31. The van der Waals surface area contributed by atoms with Crippen LogP contribution >= 0.6 is 0 Å². The summed E-state index contributed by atoms with van der Waals surface area (Å²) in [5, 5.41) is 0. The molecule has 2 N–H and O–H groups in total. The topological polar surface area (TPSA) is 61.0 Å². The van der Waals surface area contributed by atoms with E-state index >= 15 is 0 Å². The van der Waals surface area contributed by atoms with E-state index < -0.39 is 5.82 Å². The van der Waals surface area contributed by atoms with E-state index in [-0.39, 0.29) is 18.3 Å². The number of hydrogen-bond acceptors (Lipinski definition) is 4. The number of nitrogens with two attached hydrogens (primary N) is 1. The number of halogens is 1. The van der Waals surface area contributed by atoms with E-state index in [1.165, 1.54) is 12.1 Å². The van der Waals surface area contributed by atoms with Gasteiger partial charge in [-0.05, 0) is 30.7 Å². The zero-order valence-electron chi connectivity index (χ0n) is 9.35. The average molecular weight is 233 g/mol. The molecular formula is C12H12FN3O. The van der Waals surface area contributed by atoms with Crippen LogP contribution in [0.25, 0.3) is 0 Å². The molecule has 4 nitrogen and oxygen atoms in total. The maximum absolute atomic E-state index is 13.6. The van der Waals surface area contributed by atoms with Crippen LogP contribution < -0.4 is 10.5 Å². The highest BCUT2D eigenvalue weighted by atomic mass is 19.1. The number of aromatic nitrogens is 2. The van der Waals surface area contributed by atoms with E-state index in [1.54, 1.807) is 18.3 Å². The second-order valence-electron chi connectivity index (χ2n) is 3.55. The Morgan fingerprint density at radius 2 is 2.18 bits per heavy atom. The molecular weight excluding hydrogens is 221 g/mol. The first-order valence-corrected chi connectivity index (χ1v) is 5.15. The van der Waals surface area contributed by atoms with Gasteiger partial charge in [0.25, 0.3) is 0 Å². The van der Waals surface area contributed by atoms with E-state index in [0.29, 0.717) is 5.56 Å². The zero-order chi connectivity index (χ0) is 12.3. The Hall–Kier alpha value is -2.01. The molecule has 2 rings (SSSR count). The summed E-state index contributed by atoms with van der Waals surface area (Å²) in [7, 11) is 0. The van der Waals surface area contributed by atoms with Gasteiger partial charge in [0.2, 0.25) is 0 Å². The third kappa shape index (κ3) is 2.76. The molecule has 1 aromatic heterocycles. The number of rotatable bonds is 3. The summed E-state index contributed by atoms with van der Waals surface area (Å²) in [5.41, 5.74) is 6.88. The number of hydrogen-bond donors (Lipinski definition) is 1. The van der Waals surface area contributed by atoms with Crippen molar-refractivity contribution in [3.8, 4) is 11.8 Å². The predicted molar refractivity (Wildman–Crippen MR) is 61.1 cm³/mol. The highest BCUT2D eigenvalue weighted by Gasteiger charge is 2.07. The standard InChI is InChI=1S/C12H12FN3O/c1-8-4-5-15-12(16-8)17-11-3-2-9(7-14)6-10(11)13/h2-6H,7,14H2,1H3. The van der Waals surface area contributed by atoms with Crippen molar-refractivity contribution in [3.63, 3.8) is 0 Å². The monoisotopic (exact) mass is 233 g/mol. The van der Waals surface area contributed by atoms with Gasteiger partial charge in [-0.2, -0.15) is 0 Å². The Morgan fingerprint density at radius 3 is 2.82 bits per heavy atom. The lowest BCUT2D eigenvalue weighted by molar-refractivity contribution is 0.409. The van der Waals surface area contributed by atoms with Crippen LogP contribution in [0.5, 0.6) is 11.8 Å². The molecule has 0 aliphatic rings. The van der Waals surface area contributed by atoms with Gasteiger partial charge >= 0.3 is 6.01 Å². The van der Waals surface area contributed by atoms with Crippen LogP contribution in [-0.4, -0.2) is 9.97 Å². The minimum Gasteiger partial charge on any atom is -0.421 e. The third-order valence-electron chi connectivity index (χ3n) is 2.21. The highest BCUT2D eigenvalue weighted by Crippen LogP contribution is 2.22. The van der Waals surface area contributed by atoms with Crippen LogP contribution in [0, 0.1) is 12.7 Å². The molecule has 88 valence electrons. The van der Waals surface area contributed by atoms with Gasteiger partial charge in [0, 0.05) is 18.4 Å². The van der Waals surface area contributed by atoms with Crippen LogP contribution in [0.2, 0.25) is 0 Å². The summed E-state index contributed by atoms with van der Waals surface area (Å²) in [5.74, 6) is -0.383. The maximum atomic E-state index is 13.6. The first-order chi connectivity index (χ1) is 8.19. The molecule has 0 saturated heterocycles. The number of benzene rings is 1. The normalized spacial score (nSPS) is 10.3. The first kappa shape index (κ1) is 11.5. The molecule has 0 fully saturated rings. The fourth-order valence-electron chi connectivity index (χ4n) is 1.33. The molecule has 2 aromatic rings. The fraction of sp³-hybridized carbons (Fsp3) is 0.167. The molecule has 1 heterocycles. The lowest BCUT2D eigenvalue weighted by atomic mass is 10.2. The molecule has 0 atom stereocenters. The van der Waals surface area contributed by atoms with E-state index in [0.717, 1.165) is 5.69 Å². The minimum atomic E-state index is -0.474. The average Bonchev–Trinajstić information content (AvgIpc) is 2.32. The minimum absolute atomic E-state index is 0.0906. The van der Waals surface area contributed by atoms with Gasteiger partial charge in [-0.1, -0.05) is 6.07 Å². The quantitative estimate of drug-likeness (QED) is 0.882. The molecule has 0 spiro atoms. The largest absolute Gasteiger partial charge is 0.421 e. The van der Waals surface area contributed by atoms with Gasteiger partial charge < -0.3 is 10.5 Å². The van der Waals surface area contributed by atoms with E-state index in [9.17, 15) is 4.39 Å². The lowest BCUT2D eigenvalue weighted by Gasteiger charge is -2.06. The Morgan fingerprint density at radius 1 is 1.35 bits per heavy atom. The van der Waals surface area contributed by atoms with Crippen molar-refractivity contribution < 1.29 is 9.13 Å². The maximum Gasteiger partial charge on any atom is 0.322 e. The smallest absolute Gasteiger partial charge is 0.322 e. The summed E-state index contributed by atoms with van der Waals surface area (Å²) in [4.78, 5) is 7.92. The molecule has 5 heteroatoms. The Labute approximate surface area is 98.3 Å². The van der Waals surface area contributed by atoms with Crippen LogP contribution in [0.15, 0.2) is 30.5 Å². The van der Waals surface area contributed by atoms with Gasteiger partial charge in [-0.3, -0.25) is 0 Å². The molecule has 17 heavy (non-hydrogen) atoms. The van der Waals surface area contributed by atoms with Crippen molar-refractivity contribution >= 4 is 0 Å². The summed E-state index contributed by atoms with van der Waals surface area (Å²) in [6.45, 7) is 2.10. The van der Waals surface area contributed by atoms with E-state index in [4.69, 9.17) is 10.5 Å². The van der Waals surface area contributed by atoms with Crippen molar-refractivity contribution in [1.29, 1.82) is 0 Å². The Balaban J connectivity index is 2.24. The Bertz CT molecular complexity index is 531. The number of nitrogens with zero attached hydrogens (tertiary/aromatic N) is 2. The summed E-state index contributed by atoms with van der Waals surface area (Å²) in [6.07, 6.45) is 1.56. The molecule has 0 bridgehead atoms. The summed E-state index contributed by atoms with van der Waals surface area (Å²) < 4.78 is 18.8. The van der Waals surface area contributed by atoms with Gasteiger partial charge in [-0.15, -0.1) is 0 Å². The van der Waals surface area contributed by atoms with E-state index in [1.807, 2.05) is 6.92 Å². The Kier molecular flexibility index (Phi) is 3.30. The van der Waals surface area contributed by atoms with Gasteiger partial charge in [0.15, 0.2) is 11.6 Å². The summed E-state index contributed by atoms with van der Waals surface area (Å²) in [6, 6.07) is 6.42. The van der Waals surface area contributed by atoms with Crippen molar-refractivity contribution in [1.82, 2.24) is 9.97 Å². The molecule has 0 aliphatic heterocycles. The van der Waals surface area contributed by atoms with Gasteiger partial charge in [-0.25, -0.2) is 14.4 Å². The van der Waals surface area contributed by atoms with Crippen LogP contribution in [0.1, 0.15) is 11.3 Å². The molecule has 0 aliphatic carbocycles. The molecule has 0 radical (unpaired) electrons. The van der Waals surface area contributed by atoms with Crippen molar-refractivity contribution in [2.45, 2.75) is 13.5 Å². The van der Waals surface area contributed by atoms with Gasteiger partial charge in [0.05, 0.1) is 0 Å². The first-order valence-electron chi connectivity index (χ1n) is 5.15. The van der Waals surface area contributed by atoms with Crippen LogP contribution in [0.4, 0.5) is 4.39 Å². The van der Waals surface area contributed by atoms with Crippen LogP contribution in [0.3, 0.4) is 0 Å².